The molecule has 0 unspecified atom stereocenters. The SMILES string of the molecule is CCCCCCOc1ccc(Br)cc1C(=O)NC(=S)Nc1ccc(CCC(=O)N(C)C)cc1. The van der Waals surface area contributed by atoms with Crippen LogP contribution in [0.4, 0.5) is 5.69 Å². The van der Waals surface area contributed by atoms with Crippen LogP contribution in [-0.4, -0.2) is 42.5 Å². The lowest BCUT2D eigenvalue weighted by Crippen LogP contribution is -2.34. The topological polar surface area (TPSA) is 70.7 Å². The first kappa shape index (κ1) is 26.8. The lowest BCUT2D eigenvalue weighted by Gasteiger charge is -2.14. The van der Waals surface area contributed by atoms with Gasteiger partial charge >= 0.3 is 0 Å². The normalized spacial score (nSPS) is 10.4. The van der Waals surface area contributed by atoms with Gasteiger partial charge in [0, 0.05) is 30.7 Å². The number of carbonyl (C=O) groups is 2. The number of benzene rings is 2. The zero-order chi connectivity index (χ0) is 24.2. The molecule has 0 atom stereocenters. The van der Waals surface area contributed by atoms with Crippen LogP contribution >= 0.6 is 28.1 Å². The average molecular weight is 535 g/mol. The van der Waals surface area contributed by atoms with E-state index in [1.54, 1.807) is 31.1 Å². The molecule has 2 amide bonds. The Labute approximate surface area is 210 Å². The van der Waals surface area contributed by atoms with Gasteiger partial charge in [-0.1, -0.05) is 54.2 Å². The van der Waals surface area contributed by atoms with Gasteiger partial charge in [0.1, 0.15) is 5.75 Å². The molecule has 0 bridgehead atoms. The lowest BCUT2D eigenvalue weighted by molar-refractivity contribution is -0.128. The average Bonchev–Trinajstić information content (AvgIpc) is 2.78. The second-order valence-corrected chi connectivity index (χ2v) is 9.27. The molecule has 0 spiro atoms. The molecule has 2 N–H and O–H groups in total. The van der Waals surface area contributed by atoms with Crippen LogP contribution in [0.2, 0.25) is 0 Å². The second-order valence-electron chi connectivity index (χ2n) is 7.94. The van der Waals surface area contributed by atoms with Crippen LogP contribution in [0.25, 0.3) is 0 Å². The van der Waals surface area contributed by atoms with Gasteiger partial charge < -0.3 is 15.0 Å². The predicted molar refractivity (Wildman–Crippen MR) is 141 cm³/mol. The number of rotatable bonds is 11. The standard InChI is InChI=1S/C25H32BrN3O3S/c1-4-5-6-7-16-32-22-14-11-19(26)17-21(22)24(31)28-25(33)27-20-12-8-18(9-13-20)10-15-23(30)29(2)3/h8-9,11-14,17H,4-7,10,15-16H2,1-3H3,(H2,27,28,31,33). The number of hydrogen-bond acceptors (Lipinski definition) is 4. The summed E-state index contributed by atoms with van der Waals surface area (Å²) in [7, 11) is 3.50. The first-order valence-corrected chi connectivity index (χ1v) is 12.3. The van der Waals surface area contributed by atoms with Crippen molar-refractivity contribution in [2.45, 2.75) is 45.4 Å². The summed E-state index contributed by atoms with van der Waals surface area (Å²) in [5.41, 5.74) is 2.23. The van der Waals surface area contributed by atoms with E-state index >= 15 is 0 Å². The number of hydrogen-bond donors (Lipinski definition) is 2. The second kappa shape index (κ2) is 14.0. The van der Waals surface area contributed by atoms with Gasteiger partial charge in [-0.15, -0.1) is 0 Å². The zero-order valence-electron chi connectivity index (χ0n) is 19.4. The summed E-state index contributed by atoms with van der Waals surface area (Å²) in [6.07, 6.45) is 5.52. The Bertz CT molecular complexity index is 948. The van der Waals surface area contributed by atoms with Crippen LogP contribution in [0.1, 0.15) is 54.9 Å². The molecule has 0 radical (unpaired) electrons. The summed E-state index contributed by atoms with van der Waals surface area (Å²) in [4.78, 5) is 26.2. The Morgan fingerprint density at radius 2 is 1.79 bits per heavy atom. The molecule has 0 fully saturated rings. The summed E-state index contributed by atoms with van der Waals surface area (Å²) in [5.74, 6) is 0.292. The van der Waals surface area contributed by atoms with Crippen molar-refractivity contribution in [3.8, 4) is 5.75 Å². The van der Waals surface area contributed by atoms with E-state index in [-0.39, 0.29) is 16.9 Å². The number of anilines is 1. The quantitative estimate of drug-likeness (QED) is 0.292. The maximum Gasteiger partial charge on any atom is 0.261 e. The lowest BCUT2D eigenvalue weighted by atomic mass is 10.1. The van der Waals surface area contributed by atoms with Gasteiger partial charge in [-0.3, -0.25) is 14.9 Å². The third-order valence-corrected chi connectivity index (χ3v) is 5.70. The molecule has 0 aliphatic carbocycles. The minimum Gasteiger partial charge on any atom is -0.493 e. The Balaban J connectivity index is 1.91. The molecule has 33 heavy (non-hydrogen) atoms. The fourth-order valence-electron chi connectivity index (χ4n) is 3.08. The molecule has 6 nitrogen and oxygen atoms in total. The summed E-state index contributed by atoms with van der Waals surface area (Å²) >= 11 is 8.74. The van der Waals surface area contributed by atoms with Crippen molar-refractivity contribution in [2.75, 3.05) is 26.0 Å². The molecule has 0 aliphatic heterocycles. The molecular formula is C25H32BrN3O3S. The van der Waals surface area contributed by atoms with Crippen LogP contribution < -0.4 is 15.4 Å². The van der Waals surface area contributed by atoms with Gasteiger partial charge in [0.05, 0.1) is 12.2 Å². The number of halogens is 1. The highest BCUT2D eigenvalue weighted by molar-refractivity contribution is 9.10. The third kappa shape index (κ3) is 9.52. The van der Waals surface area contributed by atoms with Gasteiger partial charge in [0.2, 0.25) is 5.91 Å². The van der Waals surface area contributed by atoms with E-state index in [9.17, 15) is 9.59 Å². The van der Waals surface area contributed by atoms with Gasteiger partial charge in [-0.05, 0) is 61.0 Å². The molecule has 2 aromatic rings. The molecule has 2 rings (SSSR count). The molecule has 8 heteroatoms. The maximum absolute atomic E-state index is 12.8. The fourth-order valence-corrected chi connectivity index (χ4v) is 3.65. The highest BCUT2D eigenvalue weighted by Crippen LogP contribution is 2.24. The number of nitrogens with one attached hydrogen (secondary N) is 2. The Kier molecular flexibility index (Phi) is 11.3. The molecule has 178 valence electrons. The van der Waals surface area contributed by atoms with Crippen molar-refractivity contribution in [2.24, 2.45) is 0 Å². The summed E-state index contributed by atoms with van der Waals surface area (Å²) < 4.78 is 6.64. The monoisotopic (exact) mass is 533 g/mol. The van der Waals surface area contributed by atoms with Crippen molar-refractivity contribution in [1.82, 2.24) is 10.2 Å². The minimum atomic E-state index is -0.337. The molecule has 0 aromatic heterocycles. The number of nitrogens with zero attached hydrogens (tertiary/aromatic N) is 1. The highest BCUT2D eigenvalue weighted by Gasteiger charge is 2.15. The van der Waals surface area contributed by atoms with E-state index in [1.165, 1.54) is 6.42 Å². The smallest absolute Gasteiger partial charge is 0.261 e. The molecular weight excluding hydrogens is 502 g/mol. The van der Waals surface area contributed by atoms with E-state index in [0.717, 1.165) is 35.0 Å². The van der Waals surface area contributed by atoms with E-state index in [4.69, 9.17) is 17.0 Å². The highest BCUT2D eigenvalue weighted by atomic mass is 79.9. The van der Waals surface area contributed by atoms with Crippen LogP contribution in [0.5, 0.6) is 5.75 Å². The largest absolute Gasteiger partial charge is 0.493 e. The van der Waals surface area contributed by atoms with Crippen LogP contribution in [-0.2, 0) is 11.2 Å². The van der Waals surface area contributed by atoms with E-state index in [2.05, 4.69) is 33.5 Å². The number of thiocarbonyl (C=S) groups is 1. The van der Waals surface area contributed by atoms with E-state index in [1.807, 2.05) is 30.3 Å². The Hall–Kier alpha value is -2.45. The molecule has 0 saturated heterocycles. The van der Waals surface area contributed by atoms with Gasteiger partial charge in [0.15, 0.2) is 5.11 Å². The van der Waals surface area contributed by atoms with Crippen LogP contribution in [0.15, 0.2) is 46.9 Å². The first-order chi connectivity index (χ1) is 15.8. The van der Waals surface area contributed by atoms with Crippen molar-refractivity contribution in [1.29, 1.82) is 0 Å². The number of aryl methyl sites for hydroxylation is 1. The van der Waals surface area contributed by atoms with Crippen molar-refractivity contribution in [3.63, 3.8) is 0 Å². The number of amides is 2. The van der Waals surface area contributed by atoms with Crippen molar-refractivity contribution < 1.29 is 14.3 Å². The summed E-state index contributed by atoms with van der Waals surface area (Å²) in [6, 6.07) is 13.0. The van der Waals surface area contributed by atoms with Crippen LogP contribution in [0.3, 0.4) is 0 Å². The van der Waals surface area contributed by atoms with Crippen molar-refractivity contribution >= 4 is 50.8 Å². The van der Waals surface area contributed by atoms with Gasteiger partial charge in [0.25, 0.3) is 5.91 Å². The molecule has 2 aromatic carbocycles. The van der Waals surface area contributed by atoms with Gasteiger partial charge in [-0.2, -0.15) is 0 Å². The first-order valence-electron chi connectivity index (χ1n) is 11.1. The molecule has 0 heterocycles. The number of unbranched alkanes of at least 4 members (excludes halogenated alkanes) is 3. The van der Waals surface area contributed by atoms with Crippen molar-refractivity contribution in [3.05, 3.63) is 58.1 Å². The zero-order valence-corrected chi connectivity index (χ0v) is 21.9. The third-order valence-electron chi connectivity index (χ3n) is 5.01. The minimum absolute atomic E-state index is 0.0953. The number of carbonyl (C=O) groups excluding carboxylic acids is 2. The number of ether oxygens (including phenoxy) is 1. The predicted octanol–water partition coefficient (Wildman–Crippen LogP) is 5.56. The summed E-state index contributed by atoms with van der Waals surface area (Å²) in [6.45, 7) is 2.73. The summed E-state index contributed by atoms with van der Waals surface area (Å²) in [5, 5.41) is 5.94. The van der Waals surface area contributed by atoms with E-state index < -0.39 is 0 Å². The Morgan fingerprint density at radius 3 is 2.45 bits per heavy atom. The van der Waals surface area contributed by atoms with Crippen LogP contribution in [0, 0.1) is 0 Å². The van der Waals surface area contributed by atoms with Gasteiger partial charge in [-0.25, -0.2) is 0 Å². The Morgan fingerprint density at radius 1 is 1.06 bits per heavy atom. The molecule has 0 saturated carbocycles. The molecule has 0 aliphatic rings. The van der Waals surface area contributed by atoms with E-state index in [0.29, 0.717) is 30.8 Å². The maximum atomic E-state index is 12.8. The fraction of sp³-hybridized carbons (Fsp3) is 0.400.